The molecule has 56 valence electrons. The molecular weight excluding hydrogens is 188 g/mol. The molecule has 1 rings (SSSR count). The van der Waals surface area contributed by atoms with Crippen LogP contribution in [0.3, 0.4) is 0 Å². The largest absolute Gasteiger partial charge is 0.396 e. The molecule has 0 aromatic carbocycles. The fraction of sp³-hybridized carbons (Fsp3) is 0.333. The van der Waals surface area contributed by atoms with E-state index in [1.807, 2.05) is 12.1 Å². The van der Waals surface area contributed by atoms with E-state index in [4.69, 9.17) is 16.7 Å². The summed E-state index contributed by atoms with van der Waals surface area (Å²) in [6.45, 7) is 0.222. The van der Waals surface area contributed by atoms with Crippen molar-refractivity contribution in [3.05, 3.63) is 16.5 Å². The van der Waals surface area contributed by atoms with Gasteiger partial charge >= 0.3 is 0 Å². The molecule has 0 atom stereocenters. The molecule has 4 heteroatoms. The van der Waals surface area contributed by atoms with Crippen LogP contribution in [0.1, 0.15) is 0 Å². The van der Waals surface area contributed by atoms with E-state index in [0.717, 1.165) is 10.1 Å². The molecule has 1 nitrogen and oxygen atoms in total. The van der Waals surface area contributed by atoms with Crippen LogP contribution in [0.5, 0.6) is 0 Å². The number of aliphatic hydroxyl groups excluding tert-OH is 1. The number of thiophene rings is 1. The Morgan fingerprint density at radius 1 is 1.60 bits per heavy atom. The van der Waals surface area contributed by atoms with Crippen LogP contribution >= 0.6 is 34.7 Å². The highest BCUT2D eigenvalue weighted by atomic mass is 35.5. The van der Waals surface area contributed by atoms with E-state index in [2.05, 4.69) is 0 Å². The highest BCUT2D eigenvalue weighted by Crippen LogP contribution is 2.29. The molecule has 1 aromatic heterocycles. The van der Waals surface area contributed by atoms with Crippen LogP contribution in [0.15, 0.2) is 16.3 Å². The van der Waals surface area contributed by atoms with Crippen molar-refractivity contribution >= 4 is 34.7 Å². The lowest BCUT2D eigenvalue weighted by molar-refractivity contribution is 0.322. The third-order valence-corrected chi connectivity index (χ3v) is 3.32. The first-order valence-corrected chi connectivity index (χ1v) is 5.00. The van der Waals surface area contributed by atoms with Gasteiger partial charge in [0.25, 0.3) is 0 Å². The van der Waals surface area contributed by atoms with Crippen molar-refractivity contribution in [3.63, 3.8) is 0 Å². The quantitative estimate of drug-likeness (QED) is 0.747. The summed E-state index contributed by atoms with van der Waals surface area (Å²) in [5, 5.41) is 8.49. The summed E-state index contributed by atoms with van der Waals surface area (Å²) in [6, 6.07) is 3.83. The van der Waals surface area contributed by atoms with Gasteiger partial charge in [0, 0.05) is 5.75 Å². The van der Waals surface area contributed by atoms with Crippen LogP contribution in [0.25, 0.3) is 0 Å². The van der Waals surface area contributed by atoms with E-state index in [1.165, 1.54) is 4.21 Å². The minimum absolute atomic E-state index is 0.222. The number of halogens is 1. The molecule has 0 radical (unpaired) electrons. The van der Waals surface area contributed by atoms with Gasteiger partial charge in [-0.05, 0) is 12.1 Å². The Labute approximate surface area is 73.0 Å². The average molecular weight is 195 g/mol. The van der Waals surface area contributed by atoms with E-state index in [0.29, 0.717) is 0 Å². The molecule has 0 saturated heterocycles. The van der Waals surface area contributed by atoms with Crippen molar-refractivity contribution in [2.45, 2.75) is 4.21 Å². The number of aliphatic hydroxyl groups is 1. The maximum absolute atomic E-state index is 8.49. The van der Waals surface area contributed by atoms with Crippen molar-refractivity contribution in [1.29, 1.82) is 0 Å². The van der Waals surface area contributed by atoms with Crippen LogP contribution in [0.4, 0.5) is 0 Å². The summed E-state index contributed by atoms with van der Waals surface area (Å²) >= 11 is 8.85. The molecule has 0 aliphatic heterocycles. The van der Waals surface area contributed by atoms with Crippen LogP contribution in [-0.2, 0) is 0 Å². The lowest BCUT2D eigenvalue weighted by Gasteiger charge is -1.90. The minimum Gasteiger partial charge on any atom is -0.396 e. The third-order valence-electron chi connectivity index (χ3n) is 0.884. The Morgan fingerprint density at radius 2 is 2.40 bits per heavy atom. The molecule has 0 unspecified atom stereocenters. The molecule has 0 aliphatic rings. The van der Waals surface area contributed by atoms with E-state index in [1.54, 1.807) is 23.1 Å². The molecule has 0 amide bonds. The zero-order chi connectivity index (χ0) is 7.40. The highest BCUT2D eigenvalue weighted by Gasteiger charge is 1.96. The maximum Gasteiger partial charge on any atom is 0.0940 e. The summed E-state index contributed by atoms with van der Waals surface area (Å²) < 4.78 is 1.97. The van der Waals surface area contributed by atoms with Crippen LogP contribution in [0, 0.1) is 0 Å². The van der Waals surface area contributed by atoms with Crippen molar-refractivity contribution in [3.8, 4) is 0 Å². The topological polar surface area (TPSA) is 20.2 Å². The predicted octanol–water partition coefficient (Wildman–Crippen LogP) is 2.49. The first kappa shape index (κ1) is 8.40. The molecule has 0 spiro atoms. The van der Waals surface area contributed by atoms with Crippen molar-refractivity contribution < 1.29 is 5.11 Å². The first-order valence-electron chi connectivity index (χ1n) is 2.82. The van der Waals surface area contributed by atoms with Crippen LogP contribution < -0.4 is 0 Å². The van der Waals surface area contributed by atoms with Crippen LogP contribution in [0.2, 0.25) is 4.34 Å². The van der Waals surface area contributed by atoms with Gasteiger partial charge in [-0.1, -0.05) is 11.6 Å². The fourth-order valence-electron chi connectivity index (χ4n) is 0.522. The maximum atomic E-state index is 8.49. The normalized spacial score (nSPS) is 10.2. The van der Waals surface area contributed by atoms with Crippen molar-refractivity contribution in [2.75, 3.05) is 12.4 Å². The Kier molecular flexibility index (Phi) is 3.56. The predicted molar refractivity (Wildman–Crippen MR) is 47.1 cm³/mol. The molecule has 1 N–H and O–H groups in total. The summed E-state index contributed by atoms with van der Waals surface area (Å²) in [4.78, 5) is 0. The van der Waals surface area contributed by atoms with Gasteiger partial charge in [-0.25, -0.2) is 0 Å². The first-order chi connectivity index (χ1) is 4.83. The standard InChI is InChI=1S/C6H7ClOS2/c7-5-1-2-6(10-5)9-4-3-8/h1-2,8H,3-4H2. The van der Waals surface area contributed by atoms with E-state index < -0.39 is 0 Å². The van der Waals surface area contributed by atoms with Gasteiger partial charge in [-0.15, -0.1) is 23.1 Å². The summed E-state index contributed by atoms with van der Waals surface area (Å²) in [6.07, 6.45) is 0. The number of thioether (sulfide) groups is 1. The second-order valence-corrected chi connectivity index (χ2v) is 4.74. The van der Waals surface area contributed by atoms with Gasteiger partial charge in [0.15, 0.2) is 0 Å². The fourth-order valence-corrected chi connectivity index (χ4v) is 2.65. The van der Waals surface area contributed by atoms with Crippen LogP contribution in [-0.4, -0.2) is 17.5 Å². The summed E-state index contributed by atoms with van der Waals surface area (Å²) in [5.41, 5.74) is 0. The van der Waals surface area contributed by atoms with Gasteiger partial charge in [0.05, 0.1) is 15.2 Å². The molecule has 10 heavy (non-hydrogen) atoms. The third kappa shape index (κ3) is 2.50. The van der Waals surface area contributed by atoms with Gasteiger partial charge in [0.1, 0.15) is 0 Å². The smallest absolute Gasteiger partial charge is 0.0940 e. The van der Waals surface area contributed by atoms with E-state index >= 15 is 0 Å². The zero-order valence-corrected chi connectivity index (χ0v) is 7.60. The number of hydrogen-bond acceptors (Lipinski definition) is 3. The number of rotatable bonds is 3. The molecule has 0 saturated carbocycles. The molecule has 0 aliphatic carbocycles. The molecule has 0 bridgehead atoms. The Bertz CT molecular complexity index is 199. The second kappa shape index (κ2) is 4.23. The molecule has 0 fully saturated rings. The van der Waals surface area contributed by atoms with Gasteiger partial charge in [0.2, 0.25) is 0 Å². The van der Waals surface area contributed by atoms with Crippen molar-refractivity contribution in [2.24, 2.45) is 0 Å². The van der Waals surface area contributed by atoms with Gasteiger partial charge < -0.3 is 5.11 Å². The number of hydrogen-bond donors (Lipinski definition) is 1. The van der Waals surface area contributed by atoms with Gasteiger partial charge in [-0.3, -0.25) is 0 Å². The van der Waals surface area contributed by atoms with Crippen molar-refractivity contribution in [1.82, 2.24) is 0 Å². The highest BCUT2D eigenvalue weighted by molar-refractivity contribution is 8.01. The zero-order valence-electron chi connectivity index (χ0n) is 5.21. The summed E-state index contributed by atoms with van der Waals surface area (Å²) in [5.74, 6) is 0.747. The Hall–Kier alpha value is 0.300. The SMILES string of the molecule is OCCSc1ccc(Cl)s1. The Morgan fingerprint density at radius 3 is 2.90 bits per heavy atom. The lowest BCUT2D eigenvalue weighted by Crippen LogP contribution is -1.82. The monoisotopic (exact) mass is 194 g/mol. The molecule has 1 heterocycles. The van der Waals surface area contributed by atoms with E-state index in [-0.39, 0.29) is 6.61 Å². The average Bonchev–Trinajstić information content (AvgIpc) is 2.31. The minimum atomic E-state index is 0.222. The lowest BCUT2D eigenvalue weighted by atomic mass is 10.7. The summed E-state index contributed by atoms with van der Waals surface area (Å²) in [7, 11) is 0. The van der Waals surface area contributed by atoms with Gasteiger partial charge in [-0.2, -0.15) is 0 Å². The molecular formula is C6H7ClOS2. The Balaban J connectivity index is 2.42. The second-order valence-electron chi connectivity index (χ2n) is 1.63. The van der Waals surface area contributed by atoms with E-state index in [9.17, 15) is 0 Å². The molecule has 1 aromatic rings.